The van der Waals surface area contributed by atoms with Gasteiger partial charge in [0.1, 0.15) is 11.9 Å². The number of anilines is 3. The summed E-state index contributed by atoms with van der Waals surface area (Å²) < 4.78 is 14.0. The predicted molar refractivity (Wildman–Crippen MR) is 205 cm³/mol. The molecule has 7 rings (SSSR count). The molecule has 0 saturated carbocycles. The number of nitrogens with zero attached hydrogens (tertiary/aromatic N) is 5. The van der Waals surface area contributed by atoms with Crippen molar-refractivity contribution < 1.29 is 9.18 Å². The van der Waals surface area contributed by atoms with Crippen LogP contribution in [-0.2, 0) is 0 Å². The van der Waals surface area contributed by atoms with Crippen LogP contribution in [0.4, 0.5) is 21.5 Å². The van der Waals surface area contributed by atoms with Gasteiger partial charge in [-0.2, -0.15) is 5.26 Å². The molecule has 3 aliphatic rings. The third-order valence-electron chi connectivity index (χ3n) is 10.1. The minimum absolute atomic E-state index is 0.0253. The standard InChI is InChI=1S/C39H42Cl2FN9O/c1-39(2,3)50-15-11-29(12-16-50)51-23-34(47-48-51)36(24-7-6-8-25(17-24)38(52)49-13-4-5-14-49)46-28-18-30-35(45-27-9-10-33(42)31(40)19-27)26(21-43)22-44-37(30)32(41)20-28/h6-10,17-20,22-23,29,36,46-48H,4-5,11-16H2,1-3H3,(H,44,45)/t36-/m0/s1. The molecule has 4 aromatic rings. The lowest BCUT2D eigenvalue weighted by Crippen LogP contribution is -2.52. The molecule has 4 heterocycles. The number of aromatic nitrogens is 1. The van der Waals surface area contributed by atoms with Gasteiger partial charge in [-0.25, -0.2) is 4.39 Å². The maximum Gasteiger partial charge on any atom is 0.253 e. The van der Waals surface area contributed by atoms with Crippen molar-refractivity contribution in [2.75, 3.05) is 36.8 Å². The number of fused-ring (bicyclic) bond motifs is 1. The van der Waals surface area contributed by atoms with E-state index in [1.165, 1.54) is 18.3 Å². The second-order valence-corrected chi connectivity index (χ2v) is 15.4. The summed E-state index contributed by atoms with van der Waals surface area (Å²) >= 11 is 13.0. The number of carbonyl (C=O) groups excluding carboxylic acids is 1. The van der Waals surface area contributed by atoms with Crippen LogP contribution in [0.5, 0.6) is 0 Å². The largest absolute Gasteiger partial charge is 0.373 e. The maximum absolute atomic E-state index is 14.0. The van der Waals surface area contributed by atoms with E-state index in [0.717, 1.165) is 63.1 Å². The number of nitrogens with one attached hydrogen (secondary N) is 4. The van der Waals surface area contributed by atoms with E-state index in [0.29, 0.717) is 44.6 Å². The predicted octanol–water partition coefficient (Wildman–Crippen LogP) is 8.11. The summed E-state index contributed by atoms with van der Waals surface area (Å²) in [6, 6.07) is 17.8. The molecular weight excluding hydrogens is 700 g/mol. The molecule has 3 aliphatic heterocycles. The smallest absolute Gasteiger partial charge is 0.253 e. The average molecular weight is 743 g/mol. The molecule has 1 amide bonds. The summed E-state index contributed by atoms with van der Waals surface area (Å²) in [5.41, 5.74) is 11.7. The van der Waals surface area contributed by atoms with Gasteiger partial charge in [-0.05, 0) is 94.5 Å². The molecule has 0 spiro atoms. The lowest BCUT2D eigenvalue weighted by molar-refractivity contribution is 0.0570. The van der Waals surface area contributed by atoms with E-state index in [1.807, 2.05) is 35.2 Å². The molecular formula is C39H42Cl2FN9O. The zero-order valence-electron chi connectivity index (χ0n) is 29.4. The number of rotatable bonds is 8. The Hall–Kier alpha value is -4.60. The zero-order chi connectivity index (χ0) is 36.6. The fraction of sp³-hybridized carbons (Fsp3) is 0.359. The first-order chi connectivity index (χ1) is 25.0. The Kier molecular flexibility index (Phi) is 10.2. The Morgan fingerprint density at radius 3 is 2.48 bits per heavy atom. The molecule has 2 fully saturated rings. The van der Waals surface area contributed by atoms with E-state index >= 15 is 0 Å². The Balaban J connectivity index is 1.25. The highest BCUT2D eigenvalue weighted by Gasteiger charge is 2.32. The Labute approximate surface area is 313 Å². The van der Waals surface area contributed by atoms with Crippen LogP contribution in [0.25, 0.3) is 10.9 Å². The fourth-order valence-electron chi connectivity index (χ4n) is 7.24. The van der Waals surface area contributed by atoms with Crippen molar-refractivity contribution in [2.45, 2.75) is 64.1 Å². The first kappa shape index (κ1) is 35.8. The van der Waals surface area contributed by atoms with Crippen molar-refractivity contribution in [1.82, 2.24) is 30.8 Å². The minimum atomic E-state index is -0.544. The zero-order valence-corrected chi connectivity index (χ0v) is 31.0. The van der Waals surface area contributed by atoms with Crippen LogP contribution in [0.2, 0.25) is 10.0 Å². The number of hydrazine groups is 2. The Morgan fingerprint density at radius 1 is 1.02 bits per heavy atom. The van der Waals surface area contributed by atoms with E-state index in [-0.39, 0.29) is 22.0 Å². The van der Waals surface area contributed by atoms with Crippen molar-refractivity contribution in [3.63, 3.8) is 0 Å². The molecule has 0 bridgehead atoms. The van der Waals surface area contributed by atoms with E-state index in [4.69, 9.17) is 23.2 Å². The van der Waals surface area contributed by atoms with Gasteiger partial charge in [0.15, 0.2) is 0 Å². The summed E-state index contributed by atoms with van der Waals surface area (Å²) in [5, 5.41) is 20.0. The van der Waals surface area contributed by atoms with Crippen molar-refractivity contribution in [2.24, 2.45) is 0 Å². The molecule has 13 heteroatoms. The van der Waals surface area contributed by atoms with E-state index < -0.39 is 11.9 Å². The van der Waals surface area contributed by atoms with Crippen molar-refractivity contribution in [1.29, 1.82) is 5.26 Å². The van der Waals surface area contributed by atoms with Gasteiger partial charge in [0.05, 0.1) is 38.6 Å². The normalized spacial score (nSPS) is 17.5. The number of likely N-dealkylation sites (tertiary alicyclic amines) is 2. The lowest BCUT2D eigenvalue weighted by atomic mass is 9.97. The third-order valence-corrected chi connectivity index (χ3v) is 10.7. The van der Waals surface area contributed by atoms with Gasteiger partial charge in [0, 0.05) is 72.5 Å². The molecule has 0 radical (unpaired) electrons. The molecule has 3 aromatic carbocycles. The van der Waals surface area contributed by atoms with Gasteiger partial charge >= 0.3 is 0 Å². The number of carbonyl (C=O) groups is 1. The first-order valence-electron chi connectivity index (χ1n) is 17.7. The molecule has 4 N–H and O–H groups in total. The summed E-state index contributed by atoms with van der Waals surface area (Å²) in [6.45, 7) is 10.3. The average Bonchev–Trinajstić information content (AvgIpc) is 3.86. The molecule has 0 unspecified atom stereocenters. The highest BCUT2D eigenvalue weighted by molar-refractivity contribution is 6.36. The quantitative estimate of drug-likeness (QED) is 0.142. The highest BCUT2D eigenvalue weighted by Crippen LogP contribution is 2.38. The van der Waals surface area contributed by atoms with E-state index in [9.17, 15) is 14.4 Å². The highest BCUT2D eigenvalue weighted by atomic mass is 35.5. The summed E-state index contributed by atoms with van der Waals surface area (Å²) in [6.07, 6.45) is 7.61. The second-order valence-electron chi connectivity index (χ2n) is 14.6. The lowest BCUT2D eigenvalue weighted by Gasteiger charge is -2.42. The van der Waals surface area contributed by atoms with Gasteiger partial charge in [-0.15, -0.1) is 5.53 Å². The van der Waals surface area contributed by atoms with Crippen LogP contribution < -0.4 is 21.6 Å². The molecule has 10 nitrogen and oxygen atoms in total. The maximum atomic E-state index is 14.0. The van der Waals surface area contributed by atoms with Gasteiger partial charge in [0.25, 0.3) is 5.91 Å². The van der Waals surface area contributed by atoms with Crippen LogP contribution in [0.1, 0.15) is 74.0 Å². The minimum Gasteiger partial charge on any atom is -0.373 e. The van der Waals surface area contributed by atoms with Gasteiger partial charge in [-0.1, -0.05) is 35.3 Å². The number of benzene rings is 3. The van der Waals surface area contributed by atoms with Crippen LogP contribution >= 0.6 is 23.2 Å². The first-order valence-corrected chi connectivity index (χ1v) is 18.4. The van der Waals surface area contributed by atoms with Gasteiger partial charge in [-0.3, -0.25) is 19.7 Å². The Bertz CT molecular complexity index is 2060. The van der Waals surface area contributed by atoms with Gasteiger partial charge in [0.2, 0.25) is 0 Å². The number of halogens is 3. The summed E-state index contributed by atoms with van der Waals surface area (Å²) in [5.74, 6) is -0.519. The van der Waals surface area contributed by atoms with E-state index in [1.54, 1.807) is 12.1 Å². The SMILES string of the molecule is CC(C)(C)N1CCC(N2C=C([C@@H](Nc3cc(Cl)c4ncc(C#N)c(Nc5ccc(F)c(Cl)c5)c4c3)c3cccc(C(=O)N4CCCC4)c3)NN2)CC1. The number of hydrogen-bond donors (Lipinski definition) is 4. The molecule has 52 heavy (non-hydrogen) atoms. The monoisotopic (exact) mass is 741 g/mol. The topological polar surface area (TPSA) is 112 Å². The molecule has 2 saturated heterocycles. The summed E-state index contributed by atoms with van der Waals surface area (Å²) in [7, 11) is 0. The van der Waals surface area contributed by atoms with Crippen LogP contribution in [0, 0.1) is 17.1 Å². The number of piperidine rings is 1. The molecule has 1 atom stereocenters. The van der Waals surface area contributed by atoms with Crippen LogP contribution in [0.15, 0.2) is 72.7 Å². The molecule has 270 valence electrons. The van der Waals surface area contributed by atoms with Crippen molar-refractivity contribution in [3.05, 3.63) is 105 Å². The number of pyridine rings is 1. The number of amides is 1. The van der Waals surface area contributed by atoms with Crippen LogP contribution in [-0.4, -0.2) is 63.5 Å². The van der Waals surface area contributed by atoms with E-state index in [2.05, 4.69) is 69.5 Å². The second kappa shape index (κ2) is 14.8. The van der Waals surface area contributed by atoms with Crippen molar-refractivity contribution in [3.8, 4) is 6.07 Å². The third kappa shape index (κ3) is 7.48. The number of nitriles is 1. The van der Waals surface area contributed by atoms with Crippen molar-refractivity contribution >= 4 is 57.1 Å². The molecule has 0 aliphatic carbocycles. The van der Waals surface area contributed by atoms with Crippen LogP contribution in [0.3, 0.4) is 0 Å². The molecule has 1 aromatic heterocycles. The number of hydrogen-bond acceptors (Lipinski definition) is 9. The fourth-order valence-corrected chi connectivity index (χ4v) is 7.69. The summed E-state index contributed by atoms with van der Waals surface area (Å²) in [4.78, 5) is 22.4. The Morgan fingerprint density at radius 2 is 1.77 bits per heavy atom. The van der Waals surface area contributed by atoms with Gasteiger partial charge < -0.3 is 21.0 Å².